The first-order valence-corrected chi connectivity index (χ1v) is 6.33. The van der Waals surface area contributed by atoms with Gasteiger partial charge in [-0.3, -0.25) is 10.1 Å². The van der Waals surface area contributed by atoms with E-state index in [2.05, 4.69) is 10.6 Å². The van der Waals surface area contributed by atoms with Crippen LogP contribution in [-0.4, -0.2) is 11.0 Å². The number of rotatable bonds is 3. The molecular formula is C13H12ClN3O3. The van der Waals surface area contributed by atoms with E-state index >= 15 is 0 Å². The molecule has 0 atom stereocenters. The monoisotopic (exact) mass is 293 g/mol. The molecule has 0 unspecified atom stereocenters. The second-order valence-corrected chi connectivity index (χ2v) is 4.55. The van der Waals surface area contributed by atoms with Crippen molar-refractivity contribution in [2.75, 3.05) is 5.32 Å². The SMILES string of the molecule is O=C(NC1=CCCC=C1)Nc1cc([N+](=O)[O-])ccc1Cl. The van der Waals surface area contributed by atoms with Crippen LogP contribution in [0.15, 0.2) is 42.1 Å². The zero-order valence-corrected chi connectivity index (χ0v) is 11.2. The van der Waals surface area contributed by atoms with Gasteiger partial charge < -0.3 is 10.6 Å². The van der Waals surface area contributed by atoms with Crippen LogP contribution in [0.25, 0.3) is 0 Å². The highest BCUT2D eigenvalue weighted by Crippen LogP contribution is 2.26. The fourth-order valence-corrected chi connectivity index (χ4v) is 1.88. The Kier molecular flexibility index (Phi) is 4.37. The lowest BCUT2D eigenvalue weighted by Gasteiger charge is -2.11. The summed E-state index contributed by atoms with van der Waals surface area (Å²) >= 11 is 5.89. The molecule has 2 amide bonds. The lowest BCUT2D eigenvalue weighted by Crippen LogP contribution is -2.28. The van der Waals surface area contributed by atoms with E-state index in [0.717, 1.165) is 12.8 Å². The fourth-order valence-electron chi connectivity index (χ4n) is 1.71. The van der Waals surface area contributed by atoms with Crippen molar-refractivity contribution in [1.29, 1.82) is 0 Å². The summed E-state index contributed by atoms with van der Waals surface area (Å²) in [5, 5.41) is 16.0. The Morgan fingerprint density at radius 2 is 2.10 bits per heavy atom. The third-order valence-electron chi connectivity index (χ3n) is 2.66. The van der Waals surface area contributed by atoms with Crippen molar-refractivity contribution >= 4 is 29.0 Å². The summed E-state index contributed by atoms with van der Waals surface area (Å²) in [6, 6.07) is 3.37. The Labute approximate surface area is 120 Å². The van der Waals surface area contributed by atoms with E-state index < -0.39 is 11.0 Å². The molecule has 0 radical (unpaired) electrons. The predicted molar refractivity (Wildman–Crippen MR) is 76.7 cm³/mol. The molecule has 104 valence electrons. The molecule has 0 fully saturated rings. The lowest BCUT2D eigenvalue weighted by molar-refractivity contribution is -0.384. The summed E-state index contributed by atoms with van der Waals surface area (Å²) in [6.45, 7) is 0. The molecular weight excluding hydrogens is 282 g/mol. The minimum atomic E-state index is -0.550. The number of anilines is 1. The zero-order valence-electron chi connectivity index (χ0n) is 10.4. The van der Waals surface area contributed by atoms with Crippen LogP contribution in [0.5, 0.6) is 0 Å². The van der Waals surface area contributed by atoms with Crippen molar-refractivity contribution in [3.8, 4) is 0 Å². The number of halogens is 1. The van der Waals surface area contributed by atoms with Gasteiger partial charge in [0.2, 0.25) is 0 Å². The van der Waals surface area contributed by atoms with E-state index in [0.29, 0.717) is 5.70 Å². The van der Waals surface area contributed by atoms with Gasteiger partial charge in [0.15, 0.2) is 0 Å². The van der Waals surface area contributed by atoms with Gasteiger partial charge in [-0.25, -0.2) is 4.79 Å². The molecule has 0 saturated heterocycles. The van der Waals surface area contributed by atoms with E-state index in [4.69, 9.17) is 11.6 Å². The van der Waals surface area contributed by atoms with Gasteiger partial charge in [-0.15, -0.1) is 0 Å². The number of hydrogen-bond donors (Lipinski definition) is 2. The van der Waals surface area contributed by atoms with Crippen LogP contribution in [0.2, 0.25) is 5.02 Å². The van der Waals surface area contributed by atoms with Crippen molar-refractivity contribution in [3.63, 3.8) is 0 Å². The second-order valence-electron chi connectivity index (χ2n) is 4.14. The number of allylic oxidation sites excluding steroid dienone is 3. The number of carbonyl (C=O) groups is 1. The second kappa shape index (κ2) is 6.21. The maximum absolute atomic E-state index is 11.8. The molecule has 1 aliphatic rings. The van der Waals surface area contributed by atoms with Gasteiger partial charge in [0, 0.05) is 17.8 Å². The third-order valence-corrected chi connectivity index (χ3v) is 2.99. The van der Waals surface area contributed by atoms with E-state index in [1.54, 1.807) is 6.08 Å². The average Bonchev–Trinajstić information content (AvgIpc) is 2.42. The molecule has 2 N–H and O–H groups in total. The van der Waals surface area contributed by atoms with Crippen LogP contribution >= 0.6 is 11.6 Å². The molecule has 0 aromatic heterocycles. The lowest BCUT2D eigenvalue weighted by atomic mass is 10.1. The van der Waals surface area contributed by atoms with Gasteiger partial charge in [0.1, 0.15) is 0 Å². The molecule has 1 aromatic carbocycles. The number of hydrogen-bond acceptors (Lipinski definition) is 3. The van der Waals surface area contributed by atoms with Gasteiger partial charge >= 0.3 is 6.03 Å². The summed E-state index contributed by atoms with van der Waals surface area (Å²) in [5.41, 5.74) is 0.746. The molecule has 6 nitrogen and oxygen atoms in total. The number of amides is 2. The fraction of sp³-hybridized carbons (Fsp3) is 0.154. The number of nitro benzene ring substituents is 1. The Bertz CT molecular complexity index is 611. The average molecular weight is 294 g/mol. The summed E-state index contributed by atoms with van der Waals surface area (Å²) in [5.74, 6) is 0. The first-order valence-electron chi connectivity index (χ1n) is 5.95. The first-order chi connectivity index (χ1) is 9.56. The molecule has 1 aliphatic carbocycles. The van der Waals surface area contributed by atoms with Crippen molar-refractivity contribution in [3.05, 3.63) is 57.3 Å². The normalized spacial score (nSPS) is 13.6. The van der Waals surface area contributed by atoms with Crippen LogP contribution < -0.4 is 10.6 Å². The molecule has 0 saturated carbocycles. The summed E-state index contributed by atoms with van der Waals surface area (Å²) in [6.07, 6.45) is 7.47. The number of benzene rings is 1. The number of nitrogens with zero attached hydrogens (tertiary/aromatic N) is 1. The minimum absolute atomic E-state index is 0.138. The smallest absolute Gasteiger partial charge is 0.308 e. The van der Waals surface area contributed by atoms with Gasteiger partial charge in [0.25, 0.3) is 5.69 Å². The first kappa shape index (κ1) is 14.1. The van der Waals surface area contributed by atoms with E-state index in [1.165, 1.54) is 18.2 Å². The third kappa shape index (κ3) is 3.58. The van der Waals surface area contributed by atoms with Crippen molar-refractivity contribution < 1.29 is 9.72 Å². The highest BCUT2D eigenvalue weighted by molar-refractivity contribution is 6.33. The van der Waals surface area contributed by atoms with Crippen molar-refractivity contribution in [2.24, 2.45) is 0 Å². The largest absolute Gasteiger partial charge is 0.323 e. The Morgan fingerprint density at radius 1 is 1.30 bits per heavy atom. The van der Waals surface area contributed by atoms with Crippen molar-refractivity contribution in [2.45, 2.75) is 12.8 Å². The topological polar surface area (TPSA) is 84.3 Å². The predicted octanol–water partition coefficient (Wildman–Crippen LogP) is 3.60. The molecule has 1 aromatic rings. The summed E-state index contributed by atoms with van der Waals surface area (Å²) in [4.78, 5) is 21.9. The molecule has 0 aliphatic heterocycles. The van der Waals surface area contributed by atoms with Crippen molar-refractivity contribution in [1.82, 2.24) is 5.32 Å². The van der Waals surface area contributed by atoms with Crippen LogP contribution in [-0.2, 0) is 0 Å². The van der Waals surface area contributed by atoms with E-state index in [-0.39, 0.29) is 16.4 Å². The maximum Gasteiger partial charge on any atom is 0.323 e. The molecule has 20 heavy (non-hydrogen) atoms. The Hall–Kier alpha value is -2.34. The van der Waals surface area contributed by atoms with Crippen LogP contribution in [0.1, 0.15) is 12.8 Å². The van der Waals surface area contributed by atoms with Crippen LogP contribution in [0, 0.1) is 10.1 Å². The van der Waals surface area contributed by atoms with E-state index in [9.17, 15) is 14.9 Å². The molecule has 0 spiro atoms. The molecule has 2 rings (SSSR count). The molecule has 0 heterocycles. The van der Waals surface area contributed by atoms with Gasteiger partial charge in [-0.2, -0.15) is 0 Å². The number of nitro groups is 1. The van der Waals surface area contributed by atoms with Gasteiger partial charge in [0.05, 0.1) is 15.6 Å². The van der Waals surface area contributed by atoms with Crippen LogP contribution in [0.4, 0.5) is 16.2 Å². The quantitative estimate of drug-likeness (QED) is 0.659. The maximum atomic E-state index is 11.8. The Balaban J connectivity index is 2.07. The summed E-state index contributed by atoms with van der Waals surface area (Å²) < 4.78 is 0. The van der Waals surface area contributed by atoms with Gasteiger partial charge in [-0.1, -0.05) is 23.8 Å². The number of urea groups is 1. The highest BCUT2D eigenvalue weighted by Gasteiger charge is 2.12. The standard InChI is InChI=1S/C13H12ClN3O3/c14-11-7-6-10(17(19)20)8-12(11)16-13(18)15-9-4-2-1-3-5-9/h2,4-8H,1,3H2,(H2,15,16,18). The minimum Gasteiger partial charge on any atom is -0.308 e. The zero-order chi connectivity index (χ0) is 14.5. The molecule has 7 heteroatoms. The number of carbonyl (C=O) groups excluding carboxylic acids is 1. The number of nitrogens with one attached hydrogen (secondary N) is 2. The highest BCUT2D eigenvalue weighted by atomic mass is 35.5. The Morgan fingerprint density at radius 3 is 2.75 bits per heavy atom. The van der Waals surface area contributed by atoms with Crippen LogP contribution in [0.3, 0.4) is 0 Å². The number of non-ortho nitro benzene ring substituents is 1. The van der Waals surface area contributed by atoms with Gasteiger partial charge in [-0.05, 0) is 25.0 Å². The van der Waals surface area contributed by atoms with E-state index in [1.807, 2.05) is 12.2 Å². The molecule has 0 bridgehead atoms. The summed E-state index contributed by atoms with van der Waals surface area (Å²) in [7, 11) is 0.